The van der Waals surface area contributed by atoms with Crippen LogP contribution in [-0.4, -0.2) is 25.7 Å². The van der Waals surface area contributed by atoms with Crippen LogP contribution in [0.15, 0.2) is 64.5 Å². The highest BCUT2D eigenvalue weighted by Crippen LogP contribution is 2.34. The molecule has 0 bridgehead atoms. The zero-order chi connectivity index (χ0) is 23.9. The topological polar surface area (TPSA) is 56.6 Å². The molecule has 6 nitrogen and oxygen atoms in total. The monoisotopic (exact) mass is 522 g/mol. The lowest BCUT2D eigenvalue weighted by Crippen LogP contribution is -3.10. The van der Waals surface area contributed by atoms with Crippen molar-refractivity contribution >= 4 is 50.7 Å². The fourth-order valence-electron chi connectivity index (χ4n) is 4.91. The summed E-state index contributed by atoms with van der Waals surface area (Å²) >= 11 is 9.72. The van der Waals surface area contributed by atoms with Gasteiger partial charge in [-0.25, -0.2) is 4.40 Å². The molecule has 2 aromatic carbocycles. The van der Waals surface area contributed by atoms with Gasteiger partial charge in [-0.15, -0.1) is 21.5 Å². The average Bonchev–Trinajstić information content (AvgIpc) is 3.46. The average molecular weight is 523 g/mol. The van der Waals surface area contributed by atoms with E-state index in [4.69, 9.17) is 11.6 Å². The first-order valence-corrected chi connectivity index (χ1v) is 14.0. The maximum atomic E-state index is 13.6. The summed E-state index contributed by atoms with van der Waals surface area (Å²) in [6, 6.07) is 18.5. The van der Waals surface area contributed by atoms with E-state index in [2.05, 4.69) is 44.9 Å². The number of nitrogens with zero attached hydrogens (tertiary/aromatic N) is 4. The second-order valence-corrected chi connectivity index (χ2v) is 11.3. The number of thiophene rings is 1. The lowest BCUT2D eigenvalue weighted by Gasteiger charge is -2.23. The molecule has 6 rings (SSSR count). The zero-order valence-corrected chi connectivity index (χ0v) is 21.7. The molecular weight excluding hydrogens is 498 g/mol. The number of aryl methyl sites for hydroxylation is 1. The van der Waals surface area contributed by atoms with Crippen LogP contribution in [0.4, 0.5) is 0 Å². The Labute approximate surface area is 216 Å². The van der Waals surface area contributed by atoms with E-state index in [0.717, 1.165) is 52.0 Å². The van der Waals surface area contributed by atoms with Gasteiger partial charge in [0.1, 0.15) is 17.9 Å². The molecule has 5 aromatic rings. The van der Waals surface area contributed by atoms with Crippen molar-refractivity contribution in [3.63, 3.8) is 0 Å². The molecule has 178 valence electrons. The first-order chi connectivity index (χ1) is 17.1. The lowest BCUT2D eigenvalue weighted by molar-refractivity contribution is -0.929. The van der Waals surface area contributed by atoms with Gasteiger partial charge in [0.2, 0.25) is 5.78 Å². The Hall–Kier alpha value is -2.65. The first-order valence-electron chi connectivity index (χ1n) is 11.8. The van der Waals surface area contributed by atoms with E-state index in [0.29, 0.717) is 18.1 Å². The molecule has 9 heteroatoms. The third-order valence-corrected chi connectivity index (χ3v) is 9.22. The maximum Gasteiger partial charge on any atom is 0.263 e. The summed E-state index contributed by atoms with van der Waals surface area (Å²) in [5.41, 5.74) is 3.67. The third-order valence-electron chi connectivity index (χ3n) is 6.66. The molecule has 0 saturated heterocycles. The number of halogens is 1. The minimum atomic E-state index is 0.0501. The molecule has 1 atom stereocenters. The molecule has 1 aliphatic heterocycles. The standard InChI is InChI=1S/C26H24ClN5OS2/c1-2-31-23(33)22-19-12-13-30(14-17-8-4-3-5-9-17)15-21(19)35-24(22)32-25(31)28-29-26(32)34-16-18-10-6-7-11-20(18)27/h3-11H,2,12-16H2,1H3/p+1. The predicted molar refractivity (Wildman–Crippen MR) is 143 cm³/mol. The lowest BCUT2D eigenvalue weighted by atomic mass is 10.0. The van der Waals surface area contributed by atoms with Crippen molar-refractivity contribution < 1.29 is 4.90 Å². The van der Waals surface area contributed by atoms with Crippen molar-refractivity contribution in [3.8, 4) is 0 Å². The van der Waals surface area contributed by atoms with Gasteiger partial charge in [-0.05, 0) is 24.1 Å². The number of fused-ring (bicyclic) bond motifs is 5. The molecule has 3 aromatic heterocycles. The van der Waals surface area contributed by atoms with Gasteiger partial charge in [0.15, 0.2) is 5.16 Å². The molecule has 1 aliphatic rings. The second kappa shape index (κ2) is 9.43. The molecule has 1 unspecified atom stereocenters. The van der Waals surface area contributed by atoms with E-state index in [1.807, 2.05) is 31.2 Å². The number of hydrogen-bond donors (Lipinski definition) is 1. The zero-order valence-electron chi connectivity index (χ0n) is 19.3. The molecule has 1 N–H and O–H groups in total. The summed E-state index contributed by atoms with van der Waals surface area (Å²) in [6.45, 7) is 5.49. The van der Waals surface area contributed by atoms with Crippen molar-refractivity contribution in [1.29, 1.82) is 0 Å². The summed E-state index contributed by atoms with van der Waals surface area (Å²) in [6.07, 6.45) is 0.909. The highest BCUT2D eigenvalue weighted by Gasteiger charge is 2.28. The predicted octanol–water partition coefficient (Wildman–Crippen LogP) is 4.21. The summed E-state index contributed by atoms with van der Waals surface area (Å²) in [7, 11) is 0. The van der Waals surface area contributed by atoms with Crippen LogP contribution in [0.1, 0.15) is 28.5 Å². The smallest absolute Gasteiger partial charge is 0.263 e. The molecule has 0 radical (unpaired) electrons. The largest absolute Gasteiger partial charge is 0.326 e. The normalized spacial score (nSPS) is 15.7. The van der Waals surface area contributed by atoms with E-state index in [1.54, 1.807) is 27.7 Å². The van der Waals surface area contributed by atoms with E-state index in [9.17, 15) is 4.79 Å². The van der Waals surface area contributed by atoms with Gasteiger partial charge in [0.05, 0.1) is 16.8 Å². The van der Waals surface area contributed by atoms with E-state index in [-0.39, 0.29) is 5.56 Å². The van der Waals surface area contributed by atoms with Crippen LogP contribution in [0.25, 0.3) is 16.0 Å². The Morgan fingerprint density at radius 2 is 1.91 bits per heavy atom. The number of aromatic nitrogens is 4. The van der Waals surface area contributed by atoms with Gasteiger partial charge in [-0.1, -0.05) is 71.9 Å². The number of hydrogen-bond acceptors (Lipinski definition) is 5. The molecule has 4 heterocycles. The fourth-order valence-corrected chi connectivity index (χ4v) is 7.60. The third kappa shape index (κ3) is 4.08. The van der Waals surface area contributed by atoms with Crippen LogP contribution in [0.5, 0.6) is 0 Å². The van der Waals surface area contributed by atoms with Crippen LogP contribution >= 0.6 is 34.7 Å². The van der Waals surface area contributed by atoms with Crippen molar-refractivity contribution in [1.82, 2.24) is 19.2 Å². The van der Waals surface area contributed by atoms with Gasteiger partial charge >= 0.3 is 0 Å². The maximum absolute atomic E-state index is 13.6. The number of rotatable bonds is 6. The van der Waals surface area contributed by atoms with Gasteiger partial charge in [0, 0.05) is 29.3 Å². The molecule has 0 spiro atoms. The Morgan fingerprint density at radius 1 is 1.11 bits per heavy atom. The minimum Gasteiger partial charge on any atom is -0.326 e. The van der Waals surface area contributed by atoms with Gasteiger partial charge in [0.25, 0.3) is 5.56 Å². The highest BCUT2D eigenvalue weighted by atomic mass is 35.5. The number of thioether (sulfide) groups is 1. The first kappa shape index (κ1) is 22.8. The summed E-state index contributed by atoms with van der Waals surface area (Å²) < 4.78 is 3.84. The van der Waals surface area contributed by atoms with Gasteiger partial charge in [-0.2, -0.15) is 0 Å². The van der Waals surface area contributed by atoms with Crippen LogP contribution in [0.3, 0.4) is 0 Å². The highest BCUT2D eigenvalue weighted by molar-refractivity contribution is 7.98. The summed E-state index contributed by atoms with van der Waals surface area (Å²) in [5.74, 6) is 1.30. The van der Waals surface area contributed by atoms with Crippen LogP contribution in [-0.2, 0) is 31.8 Å². The molecule has 35 heavy (non-hydrogen) atoms. The molecule has 0 fully saturated rings. The number of quaternary nitrogens is 1. The summed E-state index contributed by atoms with van der Waals surface area (Å²) in [4.78, 5) is 17.4. The fraction of sp³-hybridized carbons (Fsp3) is 0.269. The van der Waals surface area contributed by atoms with Crippen molar-refractivity contribution in [2.24, 2.45) is 0 Å². The van der Waals surface area contributed by atoms with E-state index >= 15 is 0 Å². The Bertz CT molecular complexity index is 1590. The molecule has 0 amide bonds. The van der Waals surface area contributed by atoms with E-state index < -0.39 is 0 Å². The van der Waals surface area contributed by atoms with Crippen LogP contribution in [0.2, 0.25) is 5.02 Å². The molecular formula is C26H25ClN5OS2+. The minimum absolute atomic E-state index is 0.0501. The Balaban J connectivity index is 1.42. The SMILES string of the molecule is CCn1c(=O)c2c3c(sc2n2c(SCc4ccccc4Cl)nnc12)C[NH+](Cc1ccccc1)CC3. The van der Waals surface area contributed by atoms with Crippen LogP contribution < -0.4 is 10.5 Å². The van der Waals surface area contributed by atoms with E-state index in [1.165, 1.54) is 20.9 Å². The van der Waals surface area contributed by atoms with Crippen LogP contribution in [0, 0.1) is 0 Å². The van der Waals surface area contributed by atoms with Crippen molar-refractivity contribution in [2.45, 2.75) is 43.9 Å². The number of nitrogens with one attached hydrogen (secondary N) is 1. The quantitative estimate of drug-likeness (QED) is 0.339. The van der Waals surface area contributed by atoms with Gasteiger partial charge < -0.3 is 4.90 Å². The Kier molecular flexibility index (Phi) is 6.14. The molecule has 0 saturated carbocycles. The van der Waals surface area contributed by atoms with Crippen molar-refractivity contribution in [2.75, 3.05) is 6.54 Å². The second-order valence-electron chi connectivity index (χ2n) is 8.82. The summed E-state index contributed by atoms with van der Waals surface area (Å²) in [5, 5.41) is 11.3. The van der Waals surface area contributed by atoms with Gasteiger partial charge in [-0.3, -0.25) is 9.36 Å². The Morgan fingerprint density at radius 3 is 2.71 bits per heavy atom. The van der Waals surface area contributed by atoms with Crippen molar-refractivity contribution in [3.05, 3.63) is 91.5 Å². The molecule has 0 aliphatic carbocycles. The number of benzene rings is 2.